The molecule has 5 nitrogen and oxygen atoms in total. The molecule has 0 aromatic carbocycles. The molecule has 1 fully saturated rings. The van der Waals surface area contributed by atoms with Crippen LogP contribution in [-0.4, -0.2) is 26.3 Å². The van der Waals surface area contributed by atoms with Crippen molar-refractivity contribution in [2.45, 2.75) is 43.8 Å². The fourth-order valence-corrected chi connectivity index (χ4v) is 2.46. The first-order valence-corrected chi connectivity index (χ1v) is 6.52. The van der Waals surface area contributed by atoms with Gasteiger partial charge in [0.2, 0.25) is 0 Å². The van der Waals surface area contributed by atoms with Crippen molar-refractivity contribution in [2.24, 2.45) is 0 Å². The van der Waals surface area contributed by atoms with Crippen molar-refractivity contribution in [2.75, 3.05) is 5.75 Å². The molecule has 0 atom stereocenters. The van der Waals surface area contributed by atoms with Crippen molar-refractivity contribution >= 4 is 17.5 Å². The van der Waals surface area contributed by atoms with E-state index in [9.17, 15) is 9.59 Å². The van der Waals surface area contributed by atoms with Crippen LogP contribution in [-0.2, 0) is 4.79 Å². The number of thioether (sulfide) groups is 1. The lowest BCUT2D eigenvalue weighted by molar-refractivity contribution is -0.116. The minimum Gasteiger partial charge on any atom is -0.299 e. The standard InChI is InChI=1S/C10H15N3O2S/c1-2-3-8(14)6-16-10-12-11-9(15)13(10)7-4-5-7/h7H,2-6H2,1H3,(H,11,15). The molecule has 6 heteroatoms. The van der Waals surface area contributed by atoms with E-state index in [-0.39, 0.29) is 11.5 Å². The highest BCUT2D eigenvalue weighted by molar-refractivity contribution is 7.99. The van der Waals surface area contributed by atoms with Gasteiger partial charge in [-0.3, -0.25) is 9.36 Å². The van der Waals surface area contributed by atoms with Gasteiger partial charge in [-0.2, -0.15) is 0 Å². The van der Waals surface area contributed by atoms with Crippen LogP contribution in [0.4, 0.5) is 0 Å². The van der Waals surface area contributed by atoms with Gasteiger partial charge in [-0.25, -0.2) is 9.89 Å². The van der Waals surface area contributed by atoms with E-state index in [1.807, 2.05) is 6.92 Å². The molecule has 1 saturated carbocycles. The highest BCUT2D eigenvalue weighted by Crippen LogP contribution is 2.35. The van der Waals surface area contributed by atoms with Crippen LogP contribution >= 0.6 is 11.8 Å². The number of hydrogen-bond acceptors (Lipinski definition) is 4. The van der Waals surface area contributed by atoms with E-state index in [4.69, 9.17) is 0 Å². The monoisotopic (exact) mass is 241 g/mol. The summed E-state index contributed by atoms with van der Waals surface area (Å²) in [4.78, 5) is 22.8. The van der Waals surface area contributed by atoms with Crippen LogP contribution in [0, 0.1) is 0 Å². The summed E-state index contributed by atoms with van der Waals surface area (Å²) in [5, 5.41) is 7.03. The highest BCUT2D eigenvalue weighted by atomic mass is 32.2. The second kappa shape index (κ2) is 4.86. The maximum Gasteiger partial charge on any atom is 0.344 e. The van der Waals surface area contributed by atoms with Crippen molar-refractivity contribution in [1.29, 1.82) is 0 Å². The normalized spacial score (nSPS) is 15.3. The maximum absolute atomic E-state index is 11.4. The van der Waals surface area contributed by atoms with Gasteiger partial charge in [0.05, 0.1) is 5.75 Å². The lowest BCUT2D eigenvalue weighted by Crippen LogP contribution is -2.16. The van der Waals surface area contributed by atoms with E-state index in [0.717, 1.165) is 19.3 Å². The van der Waals surface area contributed by atoms with Gasteiger partial charge in [-0.1, -0.05) is 18.7 Å². The molecule has 1 aromatic rings. The average molecular weight is 241 g/mol. The fraction of sp³-hybridized carbons (Fsp3) is 0.700. The quantitative estimate of drug-likeness (QED) is 0.764. The number of nitrogens with one attached hydrogen (secondary N) is 1. The minimum atomic E-state index is -0.159. The largest absolute Gasteiger partial charge is 0.344 e. The number of aromatic amines is 1. The van der Waals surface area contributed by atoms with Crippen LogP contribution in [0.25, 0.3) is 0 Å². The SMILES string of the molecule is CCCC(=O)CSc1n[nH]c(=O)n1C1CC1. The van der Waals surface area contributed by atoms with Gasteiger partial charge in [0.1, 0.15) is 5.78 Å². The van der Waals surface area contributed by atoms with Crippen molar-refractivity contribution in [1.82, 2.24) is 14.8 Å². The Morgan fingerprint density at radius 3 is 3.00 bits per heavy atom. The second-order valence-electron chi connectivity index (χ2n) is 3.99. The molecule has 1 aliphatic rings. The van der Waals surface area contributed by atoms with Crippen LogP contribution in [0.1, 0.15) is 38.6 Å². The number of carbonyl (C=O) groups is 1. The average Bonchev–Trinajstić information content (AvgIpc) is 3.01. The highest BCUT2D eigenvalue weighted by Gasteiger charge is 2.28. The molecular formula is C10H15N3O2S. The van der Waals surface area contributed by atoms with Crippen molar-refractivity contribution in [3.05, 3.63) is 10.5 Å². The molecule has 1 aromatic heterocycles. The Morgan fingerprint density at radius 2 is 2.38 bits per heavy atom. The number of rotatable bonds is 6. The number of H-pyrrole nitrogens is 1. The molecule has 0 amide bonds. The van der Waals surface area contributed by atoms with E-state index in [2.05, 4.69) is 10.2 Å². The molecule has 1 aliphatic carbocycles. The van der Waals surface area contributed by atoms with Gasteiger partial charge in [0.15, 0.2) is 5.16 Å². The predicted molar refractivity (Wildman–Crippen MR) is 61.8 cm³/mol. The number of aromatic nitrogens is 3. The number of carbonyl (C=O) groups excluding carboxylic acids is 1. The fourth-order valence-electron chi connectivity index (χ4n) is 1.54. The summed E-state index contributed by atoms with van der Waals surface area (Å²) in [5.41, 5.74) is -0.159. The Bertz CT molecular complexity index is 434. The van der Waals surface area contributed by atoms with Gasteiger partial charge >= 0.3 is 5.69 Å². The van der Waals surface area contributed by atoms with E-state index >= 15 is 0 Å². The third-order valence-electron chi connectivity index (χ3n) is 2.48. The van der Waals surface area contributed by atoms with Gasteiger partial charge < -0.3 is 0 Å². The molecule has 0 unspecified atom stereocenters. The lowest BCUT2D eigenvalue weighted by atomic mass is 10.3. The Morgan fingerprint density at radius 1 is 1.62 bits per heavy atom. The van der Waals surface area contributed by atoms with Gasteiger partial charge in [-0.15, -0.1) is 5.10 Å². The zero-order valence-corrected chi connectivity index (χ0v) is 10.0. The van der Waals surface area contributed by atoms with Gasteiger partial charge in [0.25, 0.3) is 0 Å². The van der Waals surface area contributed by atoms with Gasteiger partial charge in [0, 0.05) is 12.5 Å². The topological polar surface area (TPSA) is 67.8 Å². The molecule has 88 valence electrons. The summed E-state index contributed by atoms with van der Waals surface area (Å²) in [5.74, 6) is 0.621. The summed E-state index contributed by atoms with van der Waals surface area (Å²) < 4.78 is 1.67. The van der Waals surface area contributed by atoms with Crippen molar-refractivity contribution in [3.8, 4) is 0 Å². The van der Waals surface area contributed by atoms with E-state index in [1.165, 1.54) is 11.8 Å². The summed E-state index contributed by atoms with van der Waals surface area (Å²) in [7, 11) is 0. The van der Waals surface area contributed by atoms with E-state index < -0.39 is 0 Å². The van der Waals surface area contributed by atoms with Crippen LogP contribution in [0.3, 0.4) is 0 Å². The van der Waals surface area contributed by atoms with Gasteiger partial charge in [-0.05, 0) is 19.3 Å². The third-order valence-corrected chi connectivity index (χ3v) is 3.49. The maximum atomic E-state index is 11.4. The first-order chi connectivity index (χ1) is 7.72. The summed E-state index contributed by atoms with van der Waals surface area (Å²) in [6, 6.07) is 0.301. The molecule has 1 heterocycles. The summed E-state index contributed by atoms with van der Waals surface area (Å²) in [6.07, 6.45) is 3.55. The molecule has 0 bridgehead atoms. The zero-order valence-electron chi connectivity index (χ0n) is 9.23. The van der Waals surface area contributed by atoms with Crippen LogP contribution in [0.15, 0.2) is 9.95 Å². The molecule has 2 rings (SSSR count). The number of nitrogens with zero attached hydrogens (tertiary/aromatic N) is 2. The molecular weight excluding hydrogens is 226 g/mol. The summed E-state index contributed by atoms with van der Waals surface area (Å²) in [6.45, 7) is 1.98. The van der Waals surface area contributed by atoms with Crippen LogP contribution in [0.2, 0.25) is 0 Å². The molecule has 0 radical (unpaired) electrons. The Hall–Kier alpha value is -1.04. The number of hydrogen-bond donors (Lipinski definition) is 1. The second-order valence-corrected chi connectivity index (χ2v) is 4.93. The smallest absolute Gasteiger partial charge is 0.299 e. The van der Waals surface area contributed by atoms with Crippen LogP contribution in [0.5, 0.6) is 0 Å². The zero-order chi connectivity index (χ0) is 11.5. The summed E-state index contributed by atoms with van der Waals surface area (Å²) >= 11 is 1.36. The van der Waals surface area contributed by atoms with Crippen molar-refractivity contribution < 1.29 is 4.79 Å². The molecule has 0 saturated heterocycles. The molecule has 1 N–H and O–H groups in total. The van der Waals surface area contributed by atoms with Crippen LogP contribution < -0.4 is 5.69 Å². The minimum absolute atomic E-state index is 0.159. The predicted octanol–water partition coefficient (Wildman–Crippen LogP) is 1.37. The molecule has 0 spiro atoms. The lowest BCUT2D eigenvalue weighted by Gasteiger charge is -2.02. The third kappa shape index (κ3) is 2.55. The first-order valence-electron chi connectivity index (χ1n) is 5.53. The first kappa shape index (κ1) is 11.4. The molecule has 0 aliphatic heterocycles. The van der Waals surface area contributed by atoms with E-state index in [0.29, 0.717) is 23.4 Å². The Balaban J connectivity index is 1.99. The number of ketones is 1. The Kier molecular flexibility index (Phi) is 3.48. The Labute approximate surface area is 97.6 Å². The number of Topliss-reactive ketones (excluding diaryl/α,β-unsaturated/α-hetero) is 1. The molecule has 16 heavy (non-hydrogen) atoms. The van der Waals surface area contributed by atoms with Crippen molar-refractivity contribution in [3.63, 3.8) is 0 Å². The van der Waals surface area contributed by atoms with E-state index in [1.54, 1.807) is 4.57 Å².